The van der Waals surface area contributed by atoms with Crippen LogP contribution < -0.4 is 5.32 Å². The van der Waals surface area contributed by atoms with Gasteiger partial charge in [-0.3, -0.25) is 9.59 Å². The molecule has 0 heterocycles. The van der Waals surface area contributed by atoms with Crippen molar-refractivity contribution in [1.82, 2.24) is 5.32 Å². The van der Waals surface area contributed by atoms with Crippen LogP contribution in [0.25, 0.3) is 0 Å². The van der Waals surface area contributed by atoms with Gasteiger partial charge in [-0.1, -0.05) is 97.9 Å². The Morgan fingerprint density at radius 3 is 1.44 bits per heavy atom. The van der Waals surface area contributed by atoms with E-state index in [4.69, 9.17) is 4.74 Å². The number of carbonyl (C=O) groups is 2. The lowest BCUT2D eigenvalue weighted by Crippen LogP contribution is -2.49. The summed E-state index contributed by atoms with van der Waals surface area (Å²) in [5.41, 5.74) is 0.723. The van der Waals surface area contributed by atoms with E-state index in [1.807, 2.05) is 119 Å². The van der Waals surface area contributed by atoms with Crippen LogP contribution in [0.2, 0.25) is 0 Å². The number of esters is 1. The molecule has 0 bridgehead atoms. The molecule has 1 atom stereocenters. The van der Waals surface area contributed by atoms with Crippen LogP contribution in [0.5, 0.6) is 0 Å². The van der Waals surface area contributed by atoms with Gasteiger partial charge in [0.15, 0.2) is 6.10 Å². The SMILES string of the molecule is CCC(OC(=O)C(c1ccccc1)(c1ccccc1)c1ccccc1)C(=O)NC(C)(C)C. The molecule has 3 aromatic carbocycles. The van der Waals surface area contributed by atoms with E-state index in [1.54, 1.807) is 0 Å². The van der Waals surface area contributed by atoms with Gasteiger partial charge in [0.1, 0.15) is 5.41 Å². The maximum Gasteiger partial charge on any atom is 0.326 e. The minimum Gasteiger partial charge on any atom is -0.451 e. The second-order valence-electron chi connectivity index (χ2n) is 8.89. The summed E-state index contributed by atoms with van der Waals surface area (Å²) >= 11 is 0. The Bertz CT molecular complexity index is 928. The molecule has 0 fully saturated rings. The zero-order valence-electron chi connectivity index (χ0n) is 19.2. The van der Waals surface area contributed by atoms with Crippen LogP contribution in [0.15, 0.2) is 91.0 Å². The fraction of sp³-hybridized carbons (Fsp3) is 0.286. The summed E-state index contributed by atoms with van der Waals surface area (Å²) in [4.78, 5) is 27.0. The summed E-state index contributed by atoms with van der Waals surface area (Å²) in [5.74, 6) is -0.770. The van der Waals surface area contributed by atoms with Gasteiger partial charge < -0.3 is 10.1 Å². The molecule has 0 aromatic heterocycles. The highest BCUT2D eigenvalue weighted by Crippen LogP contribution is 2.40. The standard InChI is InChI=1S/C28H31NO3/c1-5-24(25(30)29-27(2,3)4)32-26(31)28(21-15-9-6-10-16-21,22-17-11-7-12-18-22)23-19-13-8-14-20-23/h6-20,24H,5H2,1-4H3,(H,29,30). The molecule has 0 aliphatic rings. The molecule has 1 unspecified atom stereocenters. The molecule has 0 aliphatic carbocycles. The lowest BCUT2D eigenvalue weighted by molar-refractivity contribution is -0.159. The zero-order chi connectivity index (χ0) is 23.2. The number of amides is 1. The molecule has 0 radical (unpaired) electrons. The van der Waals surface area contributed by atoms with Crippen LogP contribution in [-0.4, -0.2) is 23.5 Å². The first-order chi connectivity index (χ1) is 15.3. The molecule has 4 heteroatoms. The summed E-state index contributed by atoms with van der Waals surface area (Å²) in [6.07, 6.45) is -0.514. The number of hydrogen-bond donors (Lipinski definition) is 1. The Balaban J connectivity index is 2.16. The van der Waals surface area contributed by atoms with E-state index in [-0.39, 0.29) is 5.91 Å². The highest BCUT2D eigenvalue weighted by atomic mass is 16.5. The molecule has 0 saturated heterocycles. The zero-order valence-corrected chi connectivity index (χ0v) is 19.2. The monoisotopic (exact) mass is 429 g/mol. The maximum absolute atomic E-state index is 14.1. The van der Waals surface area contributed by atoms with Crippen molar-refractivity contribution < 1.29 is 14.3 Å². The second kappa shape index (κ2) is 9.82. The van der Waals surface area contributed by atoms with Gasteiger partial charge in [0, 0.05) is 5.54 Å². The highest BCUT2D eigenvalue weighted by Gasteiger charge is 2.46. The predicted octanol–water partition coefficient (Wildman–Crippen LogP) is 5.26. The Kier molecular flexibility index (Phi) is 7.14. The lowest BCUT2D eigenvalue weighted by atomic mass is 9.69. The smallest absolute Gasteiger partial charge is 0.326 e. The van der Waals surface area contributed by atoms with Gasteiger partial charge in [0.25, 0.3) is 5.91 Å². The summed E-state index contributed by atoms with van der Waals surface area (Å²) in [6, 6.07) is 28.8. The molecule has 0 aliphatic heterocycles. The Hall–Kier alpha value is -3.40. The van der Waals surface area contributed by atoms with Gasteiger partial charge >= 0.3 is 5.97 Å². The van der Waals surface area contributed by atoms with Crippen molar-refractivity contribution in [3.63, 3.8) is 0 Å². The Morgan fingerprint density at radius 1 is 0.750 bits per heavy atom. The normalized spacial score (nSPS) is 12.6. The fourth-order valence-electron chi connectivity index (χ4n) is 3.91. The predicted molar refractivity (Wildman–Crippen MR) is 127 cm³/mol. The first-order valence-electron chi connectivity index (χ1n) is 11.0. The first-order valence-corrected chi connectivity index (χ1v) is 11.0. The van der Waals surface area contributed by atoms with Crippen molar-refractivity contribution in [1.29, 1.82) is 0 Å². The van der Waals surface area contributed by atoms with Crippen LogP contribution in [0.1, 0.15) is 50.8 Å². The Labute approximate surface area is 190 Å². The van der Waals surface area contributed by atoms with E-state index in [0.29, 0.717) is 6.42 Å². The van der Waals surface area contributed by atoms with Crippen molar-refractivity contribution in [2.24, 2.45) is 0 Å². The van der Waals surface area contributed by atoms with E-state index in [9.17, 15) is 9.59 Å². The fourth-order valence-corrected chi connectivity index (χ4v) is 3.91. The van der Waals surface area contributed by atoms with Gasteiger partial charge in [0.2, 0.25) is 0 Å². The van der Waals surface area contributed by atoms with Crippen molar-refractivity contribution in [2.75, 3.05) is 0 Å². The van der Waals surface area contributed by atoms with E-state index < -0.39 is 23.0 Å². The molecule has 4 nitrogen and oxygen atoms in total. The molecular weight excluding hydrogens is 398 g/mol. The van der Waals surface area contributed by atoms with Gasteiger partial charge in [0.05, 0.1) is 0 Å². The molecule has 3 rings (SSSR count). The molecule has 1 amide bonds. The van der Waals surface area contributed by atoms with Crippen LogP contribution in [0.3, 0.4) is 0 Å². The van der Waals surface area contributed by atoms with E-state index in [2.05, 4.69) is 5.32 Å². The molecule has 0 saturated carbocycles. The number of hydrogen-bond acceptors (Lipinski definition) is 3. The van der Waals surface area contributed by atoms with Gasteiger partial charge in [-0.15, -0.1) is 0 Å². The quantitative estimate of drug-likeness (QED) is 0.412. The summed E-state index contributed by atoms with van der Waals surface area (Å²) in [6.45, 7) is 7.56. The van der Waals surface area contributed by atoms with Crippen LogP contribution >= 0.6 is 0 Å². The van der Waals surface area contributed by atoms with Crippen molar-refractivity contribution in [3.05, 3.63) is 108 Å². The minimum absolute atomic E-state index is 0.295. The molecule has 3 aromatic rings. The number of carbonyl (C=O) groups excluding carboxylic acids is 2. The van der Waals surface area contributed by atoms with E-state index in [0.717, 1.165) is 16.7 Å². The largest absolute Gasteiger partial charge is 0.451 e. The summed E-state index contributed by atoms with van der Waals surface area (Å²) < 4.78 is 5.99. The van der Waals surface area contributed by atoms with Crippen LogP contribution in [-0.2, 0) is 19.7 Å². The third-order valence-corrected chi connectivity index (χ3v) is 5.34. The average Bonchev–Trinajstić information content (AvgIpc) is 2.79. The van der Waals surface area contributed by atoms with Crippen LogP contribution in [0, 0.1) is 0 Å². The second-order valence-corrected chi connectivity index (χ2v) is 8.89. The number of rotatable bonds is 7. The lowest BCUT2D eigenvalue weighted by Gasteiger charge is -2.35. The Morgan fingerprint density at radius 2 is 1.12 bits per heavy atom. The molecule has 32 heavy (non-hydrogen) atoms. The van der Waals surface area contributed by atoms with Crippen molar-refractivity contribution in [2.45, 2.75) is 51.2 Å². The molecular formula is C28H31NO3. The van der Waals surface area contributed by atoms with E-state index in [1.165, 1.54) is 0 Å². The first kappa shape index (κ1) is 23.3. The molecule has 1 N–H and O–H groups in total. The number of nitrogens with one attached hydrogen (secondary N) is 1. The number of benzene rings is 3. The van der Waals surface area contributed by atoms with Gasteiger partial charge in [-0.2, -0.15) is 0 Å². The average molecular weight is 430 g/mol. The maximum atomic E-state index is 14.1. The highest BCUT2D eigenvalue weighted by molar-refractivity contribution is 5.94. The van der Waals surface area contributed by atoms with Gasteiger partial charge in [-0.05, 0) is 43.9 Å². The van der Waals surface area contributed by atoms with Gasteiger partial charge in [-0.25, -0.2) is 0 Å². The minimum atomic E-state index is -1.21. The summed E-state index contributed by atoms with van der Waals surface area (Å²) in [7, 11) is 0. The van der Waals surface area contributed by atoms with E-state index >= 15 is 0 Å². The van der Waals surface area contributed by atoms with Crippen molar-refractivity contribution in [3.8, 4) is 0 Å². The molecule has 0 spiro atoms. The van der Waals surface area contributed by atoms with Crippen molar-refractivity contribution >= 4 is 11.9 Å². The topological polar surface area (TPSA) is 55.4 Å². The third kappa shape index (κ3) is 4.91. The van der Waals surface area contributed by atoms with Crippen LogP contribution in [0.4, 0.5) is 0 Å². The summed E-state index contributed by atoms with van der Waals surface area (Å²) in [5, 5.41) is 2.93. The molecule has 166 valence electrons. The number of ether oxygens (including phenoxy) is 1. The third-order valence-electron chi connectivity index (χ3n) is 5.34.